The maximum atomic E-state index is 13.6. The molecule has 3 aromatic rings. The highest BCUT2D eigenvalue weighted by Gasteiger charge is 2.27. The molecule has 4 rings (SSSR count). The number of hydrazine groups is 1. The molecule has 0 saturated heterocycles. The lowest BCUT2D eigenvalue weighted by molar-refractivity contribution is -0.129. The smallest absolute Gasteiger partial charge is 0.283 e. The number of nitrogens with one attached hydrogen (secondary N) is 2. The number of carbonyl (C=O) groups is 1. The van der Waals surface area contributed by atoms with E-state index in [0.29, 0.717) is 21.3 Å². The van der Waals surface area contributed by atoms with Gasteiger partial charge in [0, 0.05) is 0 Å². The first kappa shape index (κ1) is 14.7. The van der Waals surface area contributed by atoms with Gasteiger partial charge in [-0.15, -0.1) is 0 Å². The van der Waals surface area contributed by atoms with E-state index in [2.05, 4.69) is 15.8 Å². The second-order valence-electron chi connectivity index (χ2n) is 5.08. The van der Waals surface area contributed by atoms with Crippen molar-refractivity contribution >= 4 is 32.6 Å². The lowest BCUT2D eigenvalue weighted by Crippen LogP contribution is -2.45. The molecule has 2 heterocycles. The molecule has 2 aromatic carbocycles. The molecular weight excluding hydrogens is 333 g/mol. The molecule has 1 amide bonds. The van der Waals surface area contributed by atoms with Gasteiger partial charge in [0.2, 0.25) is 11.2 Å². The van der Waals surface area contributed by atoms with Crippen LogP contribution in [0.25, 0.3) is 10.2 Å². The van der Waals surface area contributed by atoms with Crippen LogP contribution >= 0.6 is 11.3 Å². The molecule has 0 bridgehead atoms. The van der Waals surface area contributed by atoms with Crippen LogP contribution in [0.2, 0.25) is 0 Å². The summed E-state index contributed by atoms with van der Waals surface area (Å²) in [6.07, 6.45) is -0.779. The van der Waals surface area contributed by atoms with Crippen LogP contribution < -0.4 is 20.3 Å². The number of halogens is 1. The number of para-hydroxylation sites is 3. The number of nitrogens with zero attached hydrogens (tertiary/aromatic N) is 1. The van der Waals surface area contributed by atoms with Gasteiger partial charge in [-0.25, -0.2) is 9.37 Å². The molecule has 1 atom stereocenters. The summed E-state index contributed by atoms with van der Waals surface area (Å²) in [7, 11) is 0. The lowest BCUT2D eigenvalue weighted by Gasteiger charge is -2.25. The molecule has 2 N–H and O–H groups in total. The quantitative estimate of drug-likeness (QED) is 0.714. The number of fused-ring (bicyclic) bond motifs is 2. The molecule has 0 radical (unpaired) electrons. The lowest BCUT2D eigenvalue weighted by atomic mass is 10.2. The van der Waals surface area contributed by atoms with Gasteiger partial charge in [-0.2, -0.15) is 0 Å². The highest BCUT2D eigenvalue weighted by molar-refractivity contribution is 7.22. The minimum atomic E-state index is -0.779. The van der Waals surface area contributed by atoms with Crippen molar-refractivity contribution in [3.8, 4) is 11.5 Å². The Morgan fingerprint density at radius 2 is 2.04 bits per heavy atom. The number of hydrogen-bond donors (Lipinski definition) is 2. The van der Waals surface area contributed by atoms with Crippen LogP contribution in [-0.4, -0.2) is 23.6 Å². The van der Waals surface area contributed by atoms with Crippen LogP contribution in [0.5, 0.6) is 11.5 Å². The Kier molecular flexibility index (Phi) is 3.66. The second-order valence-corrected chi connectivity index (χ2v) is 6.11. The standard InChI is InChI=1S/C16H12FN3O3S/c17-9-4-3-7-13-14(9)18-16(24-13)20-19-15(21)12-8-22-10-5-1-2-6-11(10)23-12/h1-7,12H,8H2,(H,18,20)(H,19,21)/t12-/m1/s1. The third-order valence-corrected chi connectivity index (χ3v) is 4.40. The number of rotatable bonds is 3. The predicted octanol–water partition coefficient (Wildman–Crippen LogP) is 2.72. The average Bonchev–Trinajstić information content (AvgIpc) is 3.04. The highest BCUT2D eigenvalue weighted by Crippen LogP contribution is 2.31. The summed E-state index contributed by atoms with van der Waals surface area (Å²) in [6.45, 7) is 0.110. The Balaban J connectivity index is 1.42. The Hall–Kier alpha value is -2.87. The van der Waals surface area contributed by atoms with Gasteiger partial charge in [0.1, 0.15) is 17.9 Å². The fourth-order valence-electron chi connectivity index (χ4n) is 2.31. The summed E-state index contributed by atoms with van der Waals surface area (Å²) in [6, 6.07) is 11.9. The fourth-order valence-corrected chi connectivity index (χ4v) is 3.15. The first-order valence-corrected chi connectivity index (χ1v) is 8.02. The first-order valence-electron chi connectivity index (χ1n) is 7.20. The summed E-state index contributed by atoms with van der Waals surface area (Å²) in [5, 5.41) is 0.389. The molecule has 1 aromatic heterocycles. The molecule has 0 saturated carbocycles. The zero-order chi connectivity index (χ0) is 16.5. The number of ether oxygens (including phenoxy) is 2. The molecule has 6 nitrogen and oxygen atoms in total. The van der Waals surface area contributed by atoms with Crippen molar-refractivity contribution in [2.24, 2.45) is 0 Å². The van der Waals surface area contributed by atoms with Crippen LogP contribution in [0.4, 0.5) is 9.52 Å². The minimum Gasteiger partial charge on any atom is -0.485 e. The molecule has 1 aliphatic heterocycles. The van der Waals surface area contributed by atoms with Crippen LogP contribution in [0.1, 0.15) is 0 Å². The number of thiazole rings is 1. The number of amides is 1. The van der Waals surface area contributed by atoms with E-state index in [9.17, 15) is 9.18 Å². The molecule has 0 spiro atoms. The van der Waals surface area contributed by atoms with Gasteiger partial charge in [0.05, 0.1) is 4.70 Å². The number of benzene rings is 2. The molecule has 0 unspecified atom stereocenters. The molecule has 8 heteroatoms. The Bertz CT molecular complexity index is 914. The summed E-state index contributed by atoms with van der Waals surface area (Å²) in [4.78, 5) is 16.3. The molecule has 0 aliphatic carbocycles. The third-order valence-electron chi connectivity index (χ3n) is 3.46. The van der Waals surface area contributed by atoms with Crippen molar-refractivity contribution in [1.29, 1.82) is 0 Å². The summed E-state index contributed by atoms with van der Waals surface area (Å²) < 4.78 is 25.4. The monoisotopic (exact) mass is 345 g/mol. The maximum absolute atomic E-state index is 13.6. The van der Waals surface area contributed by atoms with Crippen LogP contribution in [0.3, 0.4) is 0 Å². The largest absolute Gasteiger partial charge is 0.485 e. The average molecular weight is 345 g/mol. The van der Waals surface area contributed by atoms with Crippen molar-refractivity contribution in [3.05, 3.63) is 48.3 Å². The molecule has 122 valence electrons. The topological polar surface area (TPSA) is 72.5 Å². The number of aromatic nitrogens is 1. The molecule has 1 aliphatic rings. The van der Waals surface area contributed by atoms with Gasteiger partial charge in [0.25, 0.3) is 5.91 Å². The van der Waals surface area contributed by atoms with Crippen LogP contribution in [-0.2, 0) is 4.79 Å². The van der Waals surface area contributed by atoms with Gasteiger partial charge in [0.15, 0.2) is 11.5 Å². The van der Waals surface area contributed by atoms with Gasteiger partial charge in [-0.1, -0.05) is 29.5 Å². The van der Waals surface area contributed by atoms with Gasteiger partial charge < -0.3 is 9.47 Å². The minimum absolute atomic E-state index is 0.110. The van der Waals surface area contributed by atoms with Gasteiger partial charge in [-0.05, 0) is 24.3 Å². The van der Waals surface area contributed by atoms with E-state index < -0.39 is 17.8 Å². The summed E-state index contributed by atoms with van der Waals surface area (Å²) in [5.41, 5.74) is 5.47. The Morgan fingerprint density at radius 1 is 1.21 bits per heavy atom. The van der Waals surface area contributed by atoms with Crippen molar-refractivity contribution in [3.63, 3.8) is 0 Å². The van der Waals surface area contributed by atoms with Gasteiger partial charge in [-0.3, -0.25) is 15.6 Å². The predicted molar refractivity (Wildman–Crippen MR) is 87.7 cm³/mol. The summed E-state index contributed by atoms with van der Waals surface area (Å²) in [5.74, 6) is 0.329. The highest BCUT2D eigenvalue weighted by atomic mass is 32.1. The van der Waals surface area contributed by atoms with E-state index in [0.717, 1.165) is 0 Å². The van der Waals surface area contributed by atoms with Crippen LogP contribution in [0, 0.1) is 5.82 Å². The normalized spacial score (nSPS) is 16.0. The van der Waals surface area contributed by atoms with E-state index in [1.807, 2.05) is 6.07 Å². The van der Waals surface area contributed by atoms with E-state index in [1.54, 1.807) is 30.3 Å². The SMILES string of the molecule is O=C(NNc1nc2c(F)cccc2s1)[C@H]1COc2ccccc2O1. The van der Waals surface area contributed by atoms with Crippen molar-refractivity contribution in [2.45, 2.75) is 6.10 Å². The van der Waals surface area contributed by atoms with E-state index in [1.165, 1.54) is 17.4 Å². The molecular formula is C16H12FN3O3S. The summed E-state index contributed by atoms with van der Waals surface area (Å²) >= 11 is 1.24. The number of carbonyl (C=O) groups excluding carboxylic acids is 1. The zero-order valence-electron chi connectivity index (χ0n) is 12.3. The third kappa shape index (κ3) is 2.71. The maximum Gasteiger partial charge on any atom is 0.283 e. The van der Waals surface area contributed by atoms with Gasteiger partial charge >= 0.3 is 0 Å². The van der Waals surface area contributed by atoms with E-state index >= 15 is 0 Å². The number of anilines is 1. The Labute approximate surface area is 140 Å². The molecule has 0 fully saturated rings. The first-order chi connectivity index (χ1) is 11.7. The van der Waals surface area contributed by atoms with Crippen molar-refractivity contribution in [2.75, 3.05) is 12.0 Å². The molecule has 24 heavy (non-hydrogen) atoms. The Morgan fingerprint density at radius 3 is 2.88 bits per heavy atom. The van der Waals surface area contributed by atoms with Crippen LogP contribution in [0.15, 0.2) is 42.5 Å². The second kappa shape index (κ2) is 5.97. The van der Waals surface area contributed by atoms with Crippen molar-refractivity contribution < 1.29 is 18.7 Å². The zero-order valence-corrected chi connectivity index (χ0v) is 13.1. The van der Waals surface area contributed by atoms with E-state index in [-0.39, 0.29) is 12.1 Å². The van der Waals surface area contributed by atoms with E-state index in [4.69, 9.17) is 9.47 Å². The number of hydrogen-bond acceptors (Lipinski definition) is 6. The van der Waals surface area contributed by atoms with Crippen molar-refractivity contribution in [1.82, 2.24) is 10.4 Å². The fraction of sp³-hybridized carbons (Fsp3) is 0.125.